The lowest BCUT2D eigenvalue weighted by molar-refractivity contribution is -0.113. The van der Waals surface area contributed by atoms with E-state index < -0.39 is 11.7 Å². The lowest BCUT2D eigenvalue weighted by atomic mass is 10.2. The van der Waals surface area contributed by atoms with Gasteiger partial charge in [0.05, 0.1) is 0 Å². The molecule has 0 unspecified atom stereocenters. The van der Waals surface area contributed by atoms with Gasteiger partial charge in [0.15, 0.2) is 5.78 Å². The van der Waals surface area contributed by atoms with E-state index >= 15 is 0 Å². The van der Waals surface area contributed by atoms with E-state index in [1.54, 1.807) is 6.20 Å². The van der Waals surface area contributed by atoms with Gasteiger partial charge in [-0.3, -0.25) is 9.69 Å². The molecule has 0 aromatic carbocycles. The summed E-state index contributed by atoms with van der Waals surface area (Å²) in [5.41, 5.74) is 0.185. The maximum atomic E-state index is 11.6. The van der Waals surface area contributed by atoms with Crippen LogP contribution < -0.4 is 0 Å². The van der Waals surface area contributed by atoms with Crippen LogP contribution in [-0.4, -0.2) is 28.9 Å². The first kappa shape index (κ1) is 11.8. The van der Waals surface area contributed by atoms with Crippen LogP contribution in [0, 0.1) is 0 Å². The highest BCUT2D eigenvalue weighted by atomic mass is 16.6. The number of amides is 1. The third kappa shape index (κ3) is 3.38. The van der Waals surface area contributed by atoms with Crippen LogP contribution in [0.1, 0.15) is 34.1 Å². The predicted octanol–water partition coefficient (Wildman–Crippen LogP) is 2.10. The molecule has 1 rings (SSSR count). The second-order valence-corrected chi connectivity index (χ2v) is 4.63. The number of hydrogen-bond acceptors (Lipinski definition) is 3. The van der Waals surface area contributed by atoms with Gasteiger partial charge in [0.25, 0.3) is 0 Å². The smallest absolute Gasteiger partial charge is 0.414 e. The fourth-order valence-electron chi connectivity index (χ4n) is 1.29. The molecule has 0 spiro atoms. The fraction of sp³-hybridized carbons (Fsp3) is 0.636. The summed E-state index contributed by atoms with van der Waals surface area (Å²) in [5, 5.41) is 0. The summed E-state index contributed by atoms with van der Waals surface area (Å²) < 4.78 is 5.18. The summed E-state index contributed by atoms with van der Waals surface area (Å²) in [4.78, 5) is 24.1. The van der Waals surface area contributed by atoms with Crippen LogP contribution in [0.25, 0.3) is 0 Å². The number of ether oxygens (including phenoxy) is 1. The van der Waals surface area contributed by atoms with E-state index in [1.165, 1.54) is 11.8 Å². The number of ketones is 1. The number of hydrogen-bond donors (Lipinski definition) is 0. The van der Waals surface area contributed by atoms with Crippen LogP contribution >= 0.6 is 0 Å². The maximum absolute atomic E-state index is 11.6. The highest BCUT2D eigenvalue weighted by Gasteiger charge is 2.25. The Kier molecular flexibility index (Phi) is 3.17. The molecule has 0 bridgehead atoms. The van der Waals surface area contributed by atoms with E-state index in [1.807, 2.05) is 20.8 Å². The molecule has 84 valence electrons. The minimum Gasteiger partial charge on any atom is -0.443 e. The minimum absolute atomic E-state index is 0.0149. The summed E-state index contributed by atoms with van der Waals surface area (Å²) in [6.45, 7) is 7.48. The van der Waals surface area contributed by atoms with Crippen LogP contribution in [0.5, 0.6) is 0 Å². The van der Waals surface area contributed by atoms with Crippen molar-refractivity contribution in [3.8, 4) is 0 Å². The lowest BCUT2D eigenvalue weighted by Gasteiger charge is -2.23. The van der Waals surface area contributed by atoms with Gasteiger partial charge in [-0.25, -0.2) is 4.79 Å². The quantitative estimate of drug-likeness (QED) is 0.667. The Balaban J connectivity index is 2.61. The van der Waals surface area contributed by atoms with Crippen molar-refractivity contribution in [2.45, 2.75) is 39.7 Å². The highest BCUT2D eigenvalue weighted by molar-refractivity contribution is 5.94. The SMILES string of the molecule is CC(=O)C1=CN(C(=O)OC(C)(C)C)CC1. The van der Waals surface area contributed by atoms with E-state index in [2.05, 4.69) is 0 Å². The largest absolute Gasteiger partial charge is 0.443 e. The molecule has 1 amide bonds. The normalized spacial score (nSPS) is 16.3. The highest BCUT2D eigenvalue weighted by Crippen LogP contribution is 2.18. The number of nitrogens with zero attached hydrogens (tertiary/aromatic N) is 1. The molecule has 0 saturated carbocycles. The van der Waals surface area contributed by atoms with Crippen molar-refractivity contribution in [2.75, 3.05) is 6.54 Å². The van der Waals surface area contributed by atoms with Crippen molar-refractivity contribution in [1.29, 1.82) is 0 Å². The van der Waals surface area contributed by atoms with Gasteiger partial charge in [-0.05, 0) is 34.1 Å². The Morgan fingerprint density at radius 3 is 2.40 bits per heavy atom. The molecule has 0 N–H and O–H groups in total. The van der Waals surface area contributed by atoms with Crippen molar-refractivity contribution in [1.82, 2.24) is 4.90 Å². The molecule has 4 nitrogen and oxygen atoms in total. The van der Waals surface area contributed by atoms with Crippen molar-refractivity contribution in [2.24, 2.45) is 0 Å². The molecule has 0 fully saturated rings. The second-order valence-electron chi connectivity index (χ2n) is 4.63. The molecule has 0 aromatic rings. The van der Waals surface area contributed by atoms with E-state index in [-0.39, 0.29) is 5.78 Å². The first-order chi connectivity index (χ1) is 6.79. The average Bonchev–Trinajstić information content (AvgIpc) is 2.47. The predicted molar refractivity (Wildman–Crippen MR) is 56.3 cm³/mol. The third-order valence-electron chi connectivity index (χ3n) is 2.01. The van der Waals surface area contributed by atoms with Crippen molar-refractivity contribution in [3.05, 3.63) is 11.8 Å². The van der Waals surface area contributed by atoms with Crippen molar-refractivity contribution in [3.63, 3.8) is 0 Å². The van der Waals surface area contributed by atoms with Gasteiger partial charge in [0.2, 0.25) is 0 Å². The topological polar surface area (TPSA) is 46.6 Å². The zero-order valence-electron chi connectivity index (χ0n) is 9.66. The molecule has 1 aliphatic rings. The van der Waals surface area contributed by atoms with Gasteiger partial charge in [-0.2, -0.15) is 0 Å². The van der Waals surface area contributed by atoms with Gasteiger partial charge in [0.1, 0.15) is 5.60 Å². The third-order valence-corrected chi connectivity index (χ3v) is 2.01. The van der Waals surface area contributed by atoms with Gasteiger partial charge in [-0.15, -0.1) is 0 Å². The Morgan fingerprint density at radius 1 is 1.40 bits per heavy atom. The maximum Gasteiger partial charge on any atom is 0.414 e. The standard InChI is InChI=1S/C11H17NO3/c1-8(13)9-5-6-12(7-9)10(14)15-11(2,3)4/h7H,5-6H2,1-4H3. The number of carbonyl (C=O) groups excluding carboxylic acids is 2. The van der Waals surface area contributed by atoms with E-state index in [9.17, 15) is 9.59 Å². The molecule has 1 aliphatic heterocycles. The van der Waals surface area contributed by atoms with E-state index in [4.69, 9.17) is 4.74 Å². The summed E-state index contributed by atoms with van der Waals surface area (Å²) >= 11 is 0. The molecule has 0 atom stereocenters. The fourth-order valence-corrected chi connectivity index (χ4v) is 1.29. The first-order valence-corrected chi connectivity index (χ1v) is 5.01. The van der Waals surface area contributed by atoms with Crippen LogP contribution in [0.15, 0.2) is 11.8 Å². The van der Waals surface area contributed by atoms with Crippen LogP contribution in [0.3, 0.4) is 0 Å². The zero-order chi connectivity index (χ0) is 11.6. The average molecular weight is 211 g/mol. The van der Waals surface area contributed by atoms with Crippen molar-refractivity contribution < 1.29 is 14.3 Å². The molecular formula is C11H17NO3. The first-order valence-electron chi connectivity index (χ1n) is 5.01. The Labute approximate surface area is 89.9 Å². The van der Waals surface area contributed by atoms with Gasteiger partial charge in [0, 0.05) is 18.3 Å². The van der Waals surface area contributed by atoms with Gasteiger partial charge < -0.3 is 4.74 Å². The van der Waals surface area contributed by atoms with Crippen molar-refractivity contribution >= 4 is 11.9 Å². The second kappa shape index (κ2) is 4.04. The Hall–Kier alpha value is -1.32. The van der Waals surface area contributed by atoms with Gasteiger partial charge in [-0.1, -0.05) is 0 Å². The monoisotopic (exact) mass is 211 g/mol. The van der Waals surface area contributed by atoms with Crippen LogP contribution in [0.2, 0.25) is 0 Å². The summed E-state index contributed by atoms with van der Waals surface area (Å²) in [7, 11) is 0. The molecule has 0 radical (unpaired) electrons. The molecule has 1 heterocycles. The molecular weight excluding hydrogens is 194 g/mol. The Bertz CT molecular complexity index is 312. The summed E-state index contributed by atoms with van der Waals surface area (Å²) in [5.74, 6) is 0.0149. The Morgan fingerprint density at radius 2 is 2.00 bits per heavy atom. The van der Waals surface area contributed by atoms with E-state index in [0.29, 0.717) is 18.5 Å². The number of carbonyl (C=O) groups is 2. The number of rotatable bonds is 1. The minimum atomic E-state index is -0.496. The molecule has 0 aromatic heterocycles. The molecule has 4 heteroatoms. The molecule has 0 aliphatic carbocycles. The number of Topliss-reactive ketones (excluding diaryl/α,β-unsaturated/α-hetero) is 1. The van der Waals surface area contributed by atoms with E-state index in [0.717, 1.165) is 0 Å². The summed E-state index contributed by atoms with van der Waals surface area (Å²) in [6.07, 6.45) is 1.81. The van der Waals surface area contributed by atoms with Crippen LogP contribution in [0.4, 0.5) is 4.79 Å². The molecule has 15 heavy (non-hydrogen) atoms. The van der Waals surface area contributed by atoms with Gasteiger partial charge >= 0.3 is 6.09 Å². The summed E-state index contributed by atoms with van der Waals surface area (Å²) in [6, 6.07) is 0. The lowest BCUT2D eigenvalue weighted by Crippen LogP contribution is -2.32. The molecule has 0 saturated heterocycles. The zero-order valence-corrected chi connectivity index (χ0v) is 9.66. The van der Waals surface area contributed by atoms with Crippen LogP contribution in [-0.2, 0) is 9.53 Å².